The third kappa shape index (κ3) is 4.01. The topological polar surface area (TPSA) is 88.5 Å². The van der Waals surface area contributed by atoms with Crippen LogP contribution in [0, 0.1) is 0 Å². The average Bonchev–Trinajstić information content (AvgIpc) is 2.34. The molecule has 0 aliphatic heterocycles. The molecule has 1 rings (SSSR count). The number of aliphatic hydroxyl groups excluding tert-OH is 1. The first-order valence-electron chi connectivity index (χ1n) is 4.70. The van der Waals surface area contributed by atoms with Gasteiger partial charge in [0, 0.05) is 11.8 Å². The molecular formula is C10H11ClN2O4. The molecule has 0 radical (unpaired) electrons. The van der Waals surface area contributed by atoms with Crippen molar-refractivity contribution in [3.63, 3.8) is 0 Å². The largest absolute Gasteiger partial charge is 0.467 e. The third-order valence-electron chi connectivity index (χ3n) is 1.92. The fraction of sp³-hybridized carbons (Fsp3) is 0.300. The summed E-state index contributed by atoms with van der Waals surface area (Å²) in [4.78, 5) is 26.1. The highest BCUT2D eigenvalue weighted by atomic mass is 35.5. The van der Waals surface area contributed by atoms with Crippen LogP contribution in [0.3, 0.4) is 0 Å². The summed E-state index contributed by atoms with van der Waals surface area (Å²) < 4.78 is 4.30. The van der Waals surface area contributed by atoms with Gasteiger partial charge in [0.15, 0.2) is 6.10 Å². The van der Waals surface area contributed by atoms with E-state index in [1.165, 1.54) is 18.3 Å². The van der Waals surface area contributed by atoms with Gasteiger partial charge in [0.2, 0.25) is 0 Å². The summed E-state index contributed by atoms with van der Waals surface area (Å²) in [6.45, 7) is -0.231. The summed E-state index contributed by atoms with van der Waals surface area (Å²) in [6, 6.07) is 2.84. The zero-order valence-electron chi connectivity index (χ0n) is 9.01. The minimum absolute atomic E-state index is 0.186. The molecule has 1 amide bonds. The number of rotatable bonds is 4. The Morgan fingerprint density at radius 3 is 2.94 bits per heavy atom. The van der Waals surface area contributed by atoms with Gasteiger partial charge in [0.25, 0.3) is 5.91 Å². The first kappa shape index (κ1) is 13.4. The van der Waals surface area contributed by atoms with Crippen molar-refractivity contribution in [3.8, 4) is 0 Å². The third-order valence-corrected chi connectivity index (χ3v) is 2.12. The molecule has 0 saturated carbocycles. The molecule has 6 nitrogen and oxygen atoms in total. The van der Waals surface area contributed by atoms with Crippen LogP contribution in [-0.2, 0) is 9.53 Å². The Hall–Kier alpha value is -1.66. The molecule has 1 aromatic rings. The number of carbonyl (C=O) groups excluding carboxylic acids is 2. The summed E-state index contributed by atoms with van der Waals surface area (Å²) in [5.74, 6) is -1.27. The number of amides is 1. The molecule has 0 aliphatic carbocycles. The highest BCUT2D eigenvalue weighted by Crippen LogP contribution is 2.06. The molecule has 1 aromatic heterocycles. The number of carbonyl (C=O) groups is 2. The van der Waals surface area contributed by atoms with E-state index in [2.05, 4.69) is 15.0 Å². The van der Waals surface area contributed by atoms with Crippen LogP contribution in [0.2, 0.25) is 5.15 Å². The van der Waals surface area contributed by atoms with Crippen molar-refractivity contribution in [3.05, 3.63) is 29.0 Å². The maximum atomic E-state index is 11.6. The van der Waals surface area contributed by atoms with E-state index in [4.69, 9.17) is 11.6 Å². The molecule has 1 atom stereocenters. The second-order valence-electron chi connectivity index (χ2n) is 3.12. The lowest BCUT2D eigenvalue weighted by Gasteiger charge is -2.09. The molecule has 0 spiro atoms. The summed E-state index contributed by atoms with van der Waals surface area (Å²) in [6.07, 6.45) is -0.00480. The van der Waals surface area contributed by atoms with Crippen molar-refractivity contribution < 1.29 is 19.4 Å². The van der Waals surface area contributed by atoms with Crippen LogP contribution in [0.15, 0.2) is 18.3 Å². The maximum Gasteiger partial charge on any atom is 0.336 e. The monoisotopic (exact) mass is 258 g/mol. The Morgan fingerprint density at radius 2 is 2.35 bits per heavy atom. The summed E-state index contributed by atoms with van der Waals surface area (Å²) >= 11 is 5.61. The lowest BCUT2D eigenvalue weighted by Crippen LogP contribution is -2.37. The minimum atomic E-state index is -1.39. The number of halogens is 1. The van der Waals surface area contributed by atoms with E-state index in [1.54, 1.807) is 0 Å². The Balaban J connectivity index is 2.53. The molecular weight excluding hydrogens is 248 g/mol. The summed E-state index contributed by atoms with van der Waals surface area (Å²) in [5.41, 5.74) is 0.294. The molecule has 92 valence electrons. The number of esters is 1. The molecule has 0 fully saturated rings. The molecule has 17 heavy (non-hydrogen) atoms. The van der Waals surface area contributed by atoms with Crippen molar-refractivity contribution >= 4 is 23.5 Å². The van der Waals surface area contributed by atoms with Crippen LogP contribution in [0.25, 0.3) is 0 Å². The van der Waals surface area contributed by atoms with Gasteiger partial charge in [-0.15, -0.1) is 0 Å². The van der Waals surface area contributed by atoms with E-state index in [1.807, 2.05) is 0 Å². The van der Waals surface area contributed by atoms with Crippen molar-refractivity contribution in [2.75, 3.05) is 13.7 Å². The van der Waals surface area contributed by atoms with Gasteiger partial charge in [-0.25, -0.2) is 9.78 Å². The molecule has 0 saturated heterocycles. The van der Waals surface area contributed by atoms with E-state index in [0.717, 1.165) is 7.11 Å². The van der Waals surface area contributed by atoms with Crippen LogP contribution in [0.1, 0.15) is 10.4 Å². The first-order chi connectivity index (χ1) is 8.04. The van der Waals surface area contributed by atoms with Gasteiger partial charge in [-0.05, 0) is 12.1 Å². The molecule has 0 aliphatic rings. The van der Waals surface area contributed by atoms with Crippen molar-refractivity contribution in [1.82, 2.24) is 10.3 Å². The van der Waals surface area contributed by atoms with Gasteiger partial charge in [0.05, 0.1) is 13.7 Å². The van der Waals surface area contributed by atoms with Crippen LogP contribution in [0.4, 0.5) is 0 Å². The Morgan fingerprint density at radius 1 is 1.65 bits per heavy atom. The van der Waals surface area contributed by atoms with Crippen LogP contribution < -0.4 is 5.32 Å². The van der Waals surface area contributed by atoms with Crippen molar-refractivity contribution in [1.29, 1.82) is 0 Å². The standard InChI is InChI=1S/C10H11ClN2O4/c1-17-10(16)7(14)5-13-9(15)6-2-3-12-8(11)4-6/h2-4,7,14H,5H2,1H3,(H,13,15). The minimum Gasteiger partial charge on any atom is -0.467 e. The number of nitrogens with one attached hydrogen (secondary N) is 1. The smallest absolute Gasteiger partial charge is 0.336 e. The van der Waals surface area contributed by atoms with E-state index in [0.29, 0.717) is 5.56 Å². The van der Waals surface area contributed by atoms with Crippen LogP contribution in [-0.4, -0.2) is 41.7 Å². The number of hydrogen-bond acceptors (Lipinski definition) is 5. The molecule has 0 bridgehead atoms. The number of nitrogens with zero attached hydrogens (tertiary/aromatic N) is 1. The predicted molar refractivity (Wildman–Crippen MR) is 59.6 cm³/mol. The van der Waals surface area contributed by atoms with Gasteiger partial charge in [-0.2, -0.15) is 0 Å². The normalized spacial score (nSPS) is 11.7. The van der Waals surface area contributed by atoms with Gasteiger partial charge in [-0.3, -0.25) is 4.79 Å². The highest BCUT2D eigenvalue weighted by molar-refractivity contribution is 6.29. The molecule has 7 heteroatoms. The number of hydrogen-bond donors (Lipinski definition) is 2. The number of methoxy groups -OCH3 is 1. The molecule has 2 N–H and O–H groups in total. The lowest BCUT2D eigenvalue weighted by atomic mass is 10.2. The van der Waals surface area contributed by atoms with E-state index in [-0.39, 0.29) is 11.7 Å². The predicted octanol–water partition coefficient (Wildman–Crippen LogP) is -0.00130. The maximum absolute atomic E-state index is 11.6. The second kappa shape index (κ2) is 6.17. The lowest BCUT2D eigenvalue weighted by molar-refractivity contribution is -0.149. The van der Waals surface area contributed by atoms with E-state index in [9.17, 15) is 14.7 Å². The molecule has 1 unspecified atom stereocenters. The summed E-state index contributed by atoms with van der Waals surface area (Å²) in [7, 11) is 1.15. The SMILES string of the molecule is COC(=O)C(O)CNC(=O)c1ccnc(Cl)c1. The number of aromatic nitrogens is 1. The number of ether oxygens (including phenoxy) is 1. The Bertz CT molecular complexity index is 425. The average molecular weight is 259 g/mol. The van der Waals surface area contributed by atoms with E-state index < -0.39 is 18.0 Å². The van der Waals surface area contributed by atoms with Crippen molar-refractivity contribution in [2.24, 2.45) is 0 Å². The van der Waals surface area contributed by atoms with Gasteiger partial charge >= 0.3 is 5.97 Å². The fourth-order valence-corrected chi connectivity index (χ4v) is 1.23. The Labute approximate surface area is 103 Å². The van der Waals surface area contributed by atoms with Gasteiger partial charge in [-0.1, -0.05) is 11.6 Å². The van der Waals surface area contributed by atoms with Crippen LogP contribution in [0.5, 0.6) is 0 Å². The number of aliphatic hydroxyl groups is 1. The zero-order chi connectivity index (χ0) is 12.8. The second-order valence-corrected chi connectivity index (χ2v) is 3.50. The van der Waals surface area contributed by atoms with E-state index >= 15 is 0 Å². The molecule has 0 aromatic carbocycles. The highest BCUT2D eigenvalue weighted by Gasteiger charge is 2.16. The van der Waals surface area contributed by atoms with Gasteiger partial charge < -0.3 is 15.2 Å². The fourth-order valence-electron chi connectivity index (χ4n) is 1.05. The Kier molecular flexibility index (Phi) is 4.86. The first-order valence-corrected chi connectivity index (χ1v) is 5.08. The zero-order valence-corrected chi connectivity index (χ0v) is 9.77. The number of pyridine rings is 1. The van der Waals surface area contributed by atoms with Gasteiger partial charge in [0.1, 0.15) is 5.15 Å². The van der Waals surface area contributed by atoms with Crippen molar-refractivity contribution in [2.45, 2.75) is 6.10 Å². The summed E-state index contributed by atoms with van der Waals surface area (Å²) in [5, 5.41) is 11.8. The quantitative estimate of drug-likeness (QED) is 0.586. The molecule has 1 heterocycles. The van der Waals surface area contributed by atoms with Crippen LogP contribution >= 0.6 is 11.6 Å².